The molecular weight excluding hydrogens is 328 g/mol. The molecule has 0 atom stereocenters. The number of phenols is 1. The average molecular weight is 356 g/mol. The first-order chi connectivity index (χ1) is 12.6. The maximum Gasteiger partial charge on any atom is 0.235 e. The topological polar surface area (TPSA) is 79.6 Å². The largest absolute Gasteiger partial charge is 0.506 e. The van der Waals surface area contributed by atoms with Gasteiger partial charge in [-0.05, 0) is 25.0 Å². The lowest BCUT2D eigenvalue weighted by atomic mass is 9.92. The number of benzene rings is 1. The molecule has 0 unspecified atom stereocenters. The standard InChI is InChI=1S/C20H28N4O2/c21-16-20(9-5-1-2-6-10-20)22-19(26)15-23-11-13-24(14-12-23)17-7-3-4-8-18(17)25/h3-4,7-8,25H,1-2,5-6,9-15H2,(H,22,26). The van der Waals surface area contributed by atoms with Crippen LogP contribution in [0, 0.1) is 11.3 Å². The number of hydrogen-bond donors (Lipinski definition) is 2. The van der Waals surface area contributed by atoms with Crippen LogP contribution in [0.2, 0.25) is 0 Å². The zero-order valence-electron chi connectivity index (χ0n) is 15.3. The van der Waals surface area contributed by atoms with E-state index in [4.69, 9.17) is 0 Å². The molecule has 0 bridgehead atoms. The molecule has 6 heteroatoms. The van der Waals surface area contributed by atoms with Crippen LogP contribution in [0.3, 0.4) is 0 Å². The molecule has 2 fully saturated rings. The number of carbonyl (C=O) groups is 1. The third kappa shape index (κ3) is 4.47. The highest BCUT2D eigenvalue weighted by molar-refractivity contribution is 5.79. The molecule has 1 saturated heterocycles. The number of hydrogen-bond acceptors (Lipinski definition) is 5. The van der Waals surface area contributed by atoms with Gasteiger partial charge in [0.05, 0.1) is 18.3 Å². The van der Waals surface area contributed by atoms with Gasteiger partial charge in [0, 0.05) is 26.2 Å². The molecule has 1 heterocycles. The number of nitrogens with zero attached hydrogens (tertiary/aromatic N) is 3. The van der Waals surface area contributed by atoms with Crippen molar-refractivity contribution in [1.29, 1.82) is 5.26 Å². The number of rotatable bonds is 4. The predicted molar refractivity (Wildman–Crippen MR) is 101 cm³/mol. The summed E-state index contributed by atoms with van der Waals surface area (Å²) in [6.07, 6.45) is 5.83. The molecule has 0 spiro atoms. The molecule has 6 nitrogen and oxygen atoms in total. The lowest BCUT2D eigenvalue weighted by Crippen LogP contribution is -2.53. The number of amides is 1. The lowest BCUT2D eigenvalue weighted by Gasteiger charge is -2.36. The molecular formula is C20H28N4O2. The minimum Gasteiger partial charge on any atom is -0.506 e. The van der Waals surface area contributed by atoms with E-state index in [9.17, 15) is 15.2 Å². The molecule has 1 aliphatic heterocycles. The lowest BCUT2D eigenvalue weighted by molar-refractivity contribution is -0.123. The van der Waals surface area contributed by atoms with Gasteiger partial charge in [-0.25, -0.2) is 0 Å². The van der Waals surface area contributed by atoms with Crippen LogP contribution in [0.1, 0.15) is 38.5 Å². The van der Waals surface area contributed by atoms with Gasteiger partial charge in [-0.15, -0.1) is 0 Å². The van der Waals surface area contributed by atoms with Crippen molar-refractivity contribution < 1.29 is 9.90 Å². The Morgan fingerprint density at radius 1 is 1.12 bits per heavy atom. The summed E-state index contributed by atoms with van der Waals surface area (Å²) in [4.78, 5) is 16.8. The van der Waals surface area contributed by atoms with E-state index in [-0.39, 0.29) is 5.91 Å². The van der Waals surface area contributed by atoms with Crippen LogP contribution >= 0.6 is 0 Å². The molecule has 1 saturated carbocycles. The fourth-order valence-electron chi connectivity index (χ4n) is 3.98. The monoisotopic (exact) mass is 356 g/mol. The number of anilines is 1. The van der Waals surface area contributed by atoms with Gasteiger partial charge in [0.25, 0.3) is 0 Å². The fraction of sp³-hybridized carbons (Fsp3) is 0.600. The second kappa shape index (κ2) is 8.41. The van der Waals surface area contributed by atoms with Gasteiger partial charge in [0.2, 0.25) is 5.91 Å². The fourth-order valence-corrected chi connectivity index (χ4v) is 3.98. The first kappa shape index (κ1) is 18.5. The van der Waals surface area contributed by atoms with E-state index >= 15 is 0 Å². The Morgan fingerprint density at radius 3 is 2.38 bits per heavy atom. The van der Waals surface area contributed by atoms with Crippen molar-refractivity contribution >= 4 is 11.6 Å². The zero-order chi connectivity index (χ0) is 18.4. The number of aromatic hydroxyl groups is 1. The van der Waals surface area contributed by atoms with Gasteiger partial charge in [-0.1, -0.05) is 37.8 Å². The van der Waals surface area contributed by atoms with Crippen LogP contribution in [-0.4, -0.2) is 54.2 Å². The number of piperazine rings is 1. The molecule has 2 aliphatic rings. The highest BCUT2D eigenvalue weighted by Gasteiger charge is 2.33. The molecule has 0 radical (unpaired) electrons. The molecule has 1 aliphatic carbocycles. The zero-order valence-corrected chi connectivity index (χ0v) is 15.3. The summed E-state index contributed by atoms with van der Waals surface area (Å²) >= 11 is 0. The second-order valence-corrected chi connectivity index (χ2v) is 7.41. The first-order valence-corrected chi connectivity index (χ1v) is 9.59. The molecule has 3 rings (SSSR count). The van der Waals surface area contributed by atoms with Crippen molar-refractivity contribution in [1.82, 2.24) is 10.2 Å². The van der Waals surface area contributed by atoms with E-state index in [0.29, 0.717) is 12.3 Å². The Balaban J connectivity index is 1.50. The molecule has 1 aromatic rings. The smallest absolute Gasteiger partial charge is 0.235 e. The number of phenolic OH excluding ortho intramolecular Hbond substituents is 1. The average Bonchev–Trinajstić information content (AvgIpc) is 2.89. The van der Waals surface area contributed by atoms with Crippen LogP contribution < -0.4 is 10.2 Å². The van der Waals surface area contributed by atoms with Crippen LogP contribution in [0.5, 0.6) is 5.75 Å². The molecule has 26 heavy (non-hydrogen) atoms. The number of nitrogens with one attached hydrogen (secondary N) is 1. The molecule has 1 amide bonds. The summed E-state index contributed by atoms with van der Waals surface area (Å²) in [5.41, 5.74) is 0.170. The van der Waals surface area contributed by atoms with Crippen molar-refractivity contribution in [3.05, 3.63) is 24.3 Å². The number of para-hydroxylation sites is 2. The van der Waals surface area contributed by atoms with E-state index in [1.807, 2.05) is 18.2 Å². The Bertz CT molecular complexity index is 654. The van der Waals surface area contributed by atoms with Gasteiger partial charge in [-0.2, -0.15) is 5.26 Å². The molecule has 0 aromatic heterocycles. The SMILES string of the molecule is N#CC1(NC(=O)CN2CCN(c3ccccc3O)CC2)CCCCCC1. The first-order valence-electron chi connectivity index (χ1n) is 9.59. The Kier molecular flexibility index (Phi) is 6.00. The summed E-state index contributed by atoms with van der Waals surface area (Å²) in [5, 5.41) is 22.6. The van der Waals surface area contributed by atoms with Gasteiger partial charge in [-0.3, -0.25) is 9.69 Å². The van der Waals surface area contributed by atoms with Crippen molar-refractivity contribution in [3.63, 3.8) is 0 Å². The highest BCUT2D eigenvalue weighted by atomic mass is 16.3. The van der Waals surface area contributed by atoms with Crippen LogP contribution in [0.25, 0.3) is 0 Å². The second-order valence-electron chi connectivity index (χ2n) is 7.41. The van der Waals surface area contributed by atoms with Crippen molar-refractivity contribution in [3.8, 4) is 11.8 Å². The Morgan fingerprint density at radius 2 is 1.77 bits per heavy atom. The molecule has 2 N–H and O–H groups in total. The van der Waals surface area contributed by atoms with E-state index in [1.165, 1.54) is 0 Å². The third-order valence-corrected chi connectivity index (χ3v) is 5.51. The predicted octanol–water partition coefficient (Wildman–Crippen LogP) is 2.25. The van der Waals surface area contributed by atoms with Crippen LogP contribution in [-0.2, 0) is 4.79 Å². The summed E-state index contributed by atoms with van der Waals surface area (Å²) in [7, 11) is 0. The normalized spacial score (nSPS) is 20.8. The highest BCUT2D eigenvalue weighted by Crippen LogP contribution is 2.28. The van der Waals surface area contributed by atoms with Crippen LogP contribution in [0.4, 0.5) is 5.69 Å². The number of carbonyl (C=O) groups excluding carboxylic acids is 1. The van der Waals surface area contributed by atoms with Crippen LogP contribution in [0.15, 0.2) is 24.3 Å². The minimum atomic E-state index is -0.675. The van der Waals surface area contributed by atoms with Crippen molar-refractivity contribution in [2.45, 2.75) is 44.1 Å². The Labute approximate surface area is 155 Å². The maximum atomic E-state index is 12.5. The summed E-state index contributed by atoms with van der Waals surface area (Å²) in [6.45, 7) is 3.41. The van der Waals surface area contributed by atoms with E-state index in [2.05, 4.69) is 21.2 Å². The Hall–Kier alpha value is -2.26. The van der Waals surface area contributed by atoms with E-state index < -0.39 is 5.54 Å². The van der Waals surface area contributed by atoms with Gasteiger partial charge in [0.15, 0.2) is 0 Å². The summed E-state index contributed by atoms with van der Waals surface area (Å²) in [6, 6.07) is 9.73. The van der Waals surface area contributed by atoms with Gasteiger partial charge in [0.1, 0.15) is 11.3 Å². The quantitative estimate of drug-likeness (QED) is 0.809. The van der Waals surface area contributed by atoms with Gasteiger partial charge >= 0.3 is 0 Å². The van der Waals surface area contributed by atoms with E-state index in [1.54, 1.807) is 6.07 Å². The maximum absolute atomic E-state index is 12.5. The molecule has 140 valence electrons. The third-order valence-electron chi connectivity index (χ3n) is 5.51. The minimum absolute atomic E-state index is 0.0514. The van der Waals surface area contributed by atoms with Crippen molar-refractivity contribution in [2.24, 2.45) is 0 Å². The number of nitriles is 1. The summed E-state index contributed by atoms with van der Waals surface area (Å²) < 4.78 is 0. The van der Waals surface area contributed by atoms with E-state index in [0.717, 1.165) is 70.4 Å². The van der Waals surface area contributed by atoms with Gasteiger partial charge < -0.3 is 15.3 Å². The summed E-state index contributed by atoms with van der Waals surface area (Å²) in [5.74, 6) is 0.243. The molecule has 1 aromatic carbocycles. The van der Waals surface area contributed by atoms with Crippen molar-refractivity contribution in [2.75, 3.05) is 37.6 Å².